The van der Waals surface area contributed by atoms with E-state index in [1.54, 1.807) is 0 Å². The van der Waals surface area contributed by atoms with Crippen molar-refractivity contribution in [3.63, 3.8) is 0 Å². The van der Waals surface area contributed by atoms with Gasteiger partial charge in [-0.3, -0.25) is 4.98 Å². The number of oxime groups is 2. The van der Waals surface area contributed by atoms with Crippen molar-refractivity contribution in [1.82, 2.24) is 4.98 Å². The van der Waals surface area contributed by atoms with Gasteiger partial charge >= 0.3 is 16.8 Å². The first-order valence-electron chi connectivity index (χ1n) is 7.67. The first kappa shape index (κ1) is 33.6. The van der Waals surface area contributed by atoms with Crippen molar-refractivity contribution in [3.05, 3.63) is 40.5 Å². The van der Waals surface area contributed by atoms with E-state index in [1.165, 1.54) is 33.3 Å². The average molecular weight is 504 g/mol. The second-order valence-corrected chi connectivity index (χ2v) is 6.21. The summed E-state index contributed by atoms with van der Waals surface area (Å²) in [4.78, 5) is 3.96. The molecule has 28 heavy (non-hydrogen) atoms. The smallest absolute Gasteiger partial charge is 1.00 e. The molecule has 0 unspecified atom stereocenters. The minimum Gasteiger partial charge on any atom is -1.00 e. The van der Waals surface area contributed by atoms with Gasteiger partial charge in [0.15, 0.2) is 0 Å². The van der Waals surface area contributed by atoms with E-state index in [-0.39, 0.29) is 62.0 Å². The molecule has 0 saturated carbocycles. The van der Waals surface area contributed by atoms with E-state index in [2.05, 4.69) is 58.5 Å². The third kappa shape index (κ3) is 16.2. The van der Waals surface area contributed by atoms with Crippen LogP contribution in [0.3, 0.4) is 0 Å². The SMILES string of the molecule is CC(=N\[O-])/C(C)=N/O.CC(=N\[O-])/C(C)=N/O.CC(C)(C)c1ccncc1.[Br-].[Co+3]. The molecule has 160 valence electrons. The number of aromatic nitrogens is 1. The van der Waals surface area contributed by atoms with Gasteiger partial charge in [-0.05, 0) is 50.8 Å². The summed E-state index contributed by atoms with van der Waals surface area (Å²) >= 11 is 0. The predicted octanol–water partition coefficient (Wildman–Crippen LogP) is 0.971. The fourth-order valence-electron chi connectivity index (χ4n) is 1.13. The van der Waals surface area contributed by atoms with Crippen LogP contribution in [0.25, 0.3) is 0 Å². The van der Waals surface area contributed by atoms with Crippen LogP contribution >= 0.6 is 0 Å². The van der Waals surface area contributed by atoms with E-state index in [9.17, 15) is 10.4 Å². The Hall–Kier alpha value is -1.98. The summed E-state index contributed by atoms with van der Waals surface area (Å²) in [6, 6.07) is 4.11. The van der Waals surface area contributed by atoms with Crippen LogP contribution in [0, 0.1) is 10.4 Å². The van der Waals surface area contributed by atoms with Crippen LogP contribution in [-0.2, 0) is 22.2 Å². The maximum absolute atomic E-state index is 9.63. The summed E-state index contributed by atoms with van der Waals surface area (Å²) in [5.74, 6) is 0. The summed E-state index contributed by atoms with van der Waals surface area (Å²) in [6.45, 7) is 12.5. The molecule has 0 aliphatic rings. The predicted molar refractivity (Wildman–Crippen MR) is 106 cm³/mol. The number of nitrogens with zero attached hydrogens (tertiary/aromatic N) is 5. The topological polar surface area (TPSA) is 149 Å². The second kappa shape index (κ2) is 18.4. The standard InChI is InChI=1S/C9H13N.2C4H8N2O2.BrH.Co/c1-9(2,3)8-4-6-10-7-5-8;2*1-3(5-7)4(2)6-8;;/h4-7H,1-3H3;2*7-8H,1-2H3;1H;/q;;;;+3/p-3/b;2*5-3+,6-4+;;. The molecule has 0 bridgehead atoms. The van der Waals surface area contributed by atoms with Crippen molar-refractivity contribution in [2.75, 3.05) is 0 Å². The van der Waals surface area contributed by atoms with Crippen molar-refractivity contribution in [2.24, 2.45) is 20.6 Å². The largest absolute Gasteiger partial charge is 3.00 e. The summed E-state index contributed by atoms with van der Waals surface area (Å²) in [7, 11) is 0. The van der Waals surface area contributed by atoms with Gasteiger partial charge in [-0.2, -0.15) is 0 Å². The van der Waals surface area contributed by atoms with Crippen LogP contribution < -0.4 is 17.0 Å². The van der Waals surface area contributed by atoms with Crippen LogP contribution in [0.5, 0.6) is 0 Å². The molecule has 0 fully saturated rings. The zero-order chi connectivity index (χ0) is 20.8. The molecule has 0 aliphatic carbocycles. The summed E-state index contributed by atoms with van der Waals surface area (Å²) in [5, 5.41) is 45.8. The number of hydrogen-bond acceptors (Lipinski definition) is 9. The number of halogens is 1. The Balaban J connectivity index is -0.000000151. The average Bonchev–Trinajstić information content (AvgIpc) is 2.66. The Labute approximate surface area is 186 Å². The molecule has 1 aromatic heterocycles. The number of pyridine rings is 1. The van der Waals surface area contributed by atoms with Gasteiger partial charge in [-0.1, -0.05) is 31.1 Å². The Morgan fingerprint density at radius 2 is 1.14 bits per heavy atom. The quantitative estimate of drug-likeness (QED) is 0.350. The maximum atomic E-state index is 9.63. The first-order chi connectivity index (χ1) is 12.0. The molecule has 11 heteroatoms. The Morgan fingerprint density at radius 3 is 1.29 bits per heavy atom. The van der Waals surface area contributed by atoms with Crippen molar-refractivity contribution in [3.8, 4) is 0 Å². The Morgan fingerprint density at radius 1 is 0.821 bits per heavy atom. The normalized spacial score (nSPS) is 12.2. The molecular weight excluding hydrogens is 477 g/mol. The van der Waals surface area contributed by atoms with Crippen LogP contribution in [0.2, 0.25) is 0 Å². The minimum atomic E-state index is 0. The fourth-order valence-corrected chi connectivity index (χ4v) is 1.13. The van der Waals surface area contributed by atoms with E-state index in [0.717, 1.165) is 0 Å². The van der Waals surface area contributed by atoms with Crippen LogP contribution in [0.1, 0.15) is 54.0 Å². The molecule has 2 N–H and O–H groups in total. The number of rotatable bonds is 2. The fraction of sp³-hybridized carbons (Fsp3) is 0.471. The third-order valence-corrected chi connectivity index (χ3v) is 3.17. The maximum Gasteiger partial charge on any atom is 3.00 e. The van der Waals surface area contributed by atoms with Gasteiger partial charge in [0, 0.05) is 12.4 Å². The zero-order valence-electron chi connectivity index (χ0n) is 17.0. The van der Waals surface area contributed by atoms with Gasteiger partial charge in [0.25, 0.3) is 0 Å². The summed E-state index contributed by atoms with van der Waals surface area (Å²) in [5.41, 5.74) is 2.49. The van der Waals surface area contributed by atoms with Crippen molar-refractivity contribution in [2.45, 2.75) is 53.9 Å². The molecule has 0 aliphatic heterocycles. The van der Waals surface area contributed by atoms with Gasteiger partial charge in [0.05, 0.1) is 22.8 Å². The molecule has 0 radical (unpaired) electrons. The summed E-state index contributed by atoms with van der Waals surface area (Å²) in [6.07, 6.45) is 3.67. The Bertz CT molecular complexity index is 581. The summed E-state index contributed by atoms with van der Waals surface area (Å²) < 4.78 is 0. The van der Waals surface area contributed by atoms with E-state index < -0.39 is 0 Å². The van der Waals surface area contributed by atoms with Gasteiger partial charge in [-0.15, -0.1) is 0 Å². The molecule has 0 spiro atoms. The monoisotopic (exact) mass is 503 g/mol. The molecular formula is C17H27BrCoN5O4. The molecule has 0 amide bonds. The van der Waals surface area contributed by atoms with Gasteiger partial charge in [0.2, 0.25) is 0 Å². The third-order valence-electron chi connectivity index (χ3n) is 3.17. The van der Waals surface area contributed by atoms with Crippen molar-refractivity contribution < 1.29 is 44.2 Å². The van der Waals surface area contributed by atoms with Crippen molar-refractivity contribution in [1.29, 1.82) is 0 Å². The van der Waals surface area contributed by atoms with Crippen LogP contribution in [0.4, 0.5) is 0 Å². The van der Waals surface area contributed by atoms with E-state index in [0.29, 0.717) is 0 Å². The van der Waals surface area contributed by atoms with Crippen LogP contribution in [-0.4, -0.2) is 38.2 Å². The van der Waals surface area contributed by atoms with Crippen molar-refractivity contribution >= 4 is 22.8 Å². The Kier molecular flexibility index (Phi) is 22.1. The number of hydrogen-bond donors (Lipinski definition) is 2. The molecule has 9 nitrogen and oxygen atoms in total. The minimum absolute atomic E-state index is 0. The molecule has 0 aromatic carbocycles. The van der Waals surface area contributed by atoms with Gasteiger partial charge < -0.3 is 48.1 Å². The second-order valence-electron chi connectivity index (χ2n) is 6.21. The van der Waals surface area contributed by atoms with E-state index in [1.807, 2.05) is 12.4 Å². The van der Waals surface area contributed by atoms with Gasteiger partial charge in [-0.25, -0.2) is 0 Å². The van der Waals surface area contributed by atoms with Gasteiger partial charge in [0.1, 0.15) is 0 Å². The molecule has 1 heterocycles. The zero-order valence-corrected chi connectivity index (χ0v) is 19.6. The molecule has 1 aromatic rings. The van der Waals surface area contributed by atoms with E-state index >= 15 is 0 Å². The van der Waals surface area contributed by atoms with Crippen LogP contribution in [0.15, 0.2) is 45.1 Å². The molecule has 0 saturated heterocycles. The first-order valence-corrected chi connectivity index (χ1v) is 7.67. The molecule has 1 rings (SSSR count). The van der Waals surface area contributed by atoms with E-state index in [4.69, 9.17) is 10.4 Å². The molecule has 0 atom stereocenters.